The number of hydrogen-bond acceptors (Lipinski definition) is 0. The molecule has 92 valence electrons. The van der Waals surface area contributed by atoms with Crippen LogP contribution in [0.3, 0.4) is 0 Å². The Morgan fingerprint density at radius 2 is 1.88 bits per heavy atom. The minimum atomic E-state index is 0.463. The number of hydrogen-bond donors (Lipinski definition) is 0. The molecule has 2 aliphatic carbocycles. The highest BCUT2D eigenvalue weighted by Gasteiger charge is 2.52. The number of halogens is 3. The number of fused-ring (bicyclic) bond motifs is 1. The van der Waals surface area contributed by atoms with Crippen LogP contribution >= 0.6 is 39.1 Å². The summed E-state index contributed by atoms with van der Waals surface area (Å²) in [7, 11) is 0. The molecule has 1 aromatic carbocycles. The van der Waals surface area contributed by atoms with E-state index >= 15 is 0 Å². The van der Waals surface area contributed by atoms with Gasteiger partial charge in [0.05, 0.1) is 10.0 Å². The fraction of sp³-hybridized carbons (Fsp3) is 0.571. The molecule has 2 atom stereocenters. The highest BCUT2D eigenvalue weighted by molar-refractivity contribution is 9.09. The van der Waals surface area contributed by atoms with Crippen LogP contribution in [0, 0.1) is 17.3 Å². The van der Waals surface area contributed by atoms with Crippen LogP contribution in [0.2, 0.25) is 10.0 Å². The van der Waals surface area contributed by atoms with Gasteiger partial charge in [0.25, 0.3) is 0 Å². The van der Waals surface area contributed by atoms with E-state index in [0.717, 1.165) is 23.6 Å². The maximum atomic E-state index is 6.08. The van der Waals surface area contributed by atoms with Gasteiger partial charge in [-0.1, -0.05) is 45.2 Å². The lowest BCUT2D eigenvalue weighted by Gasteiger charge is -2.29. The molecule has 0 heterocycles. The van der Waals surface area contributed by atoms with E-state index in [0.29, 0.717) is 15.5 Å². The predicted molar refractivity (Wildman–Crippen MR) is 77.2 cm³/mol. The van der Waals surface area contributed by atoms with Crippen molar-refractivity contribution in [1.29, 1.82) is 0 Å². The maximum absolute atomic E-state index is 6.08. The van der Waals surface area contributed by atoms with E-state index in [2.05, 4.69) is 22.0 Å². The summed E-state index contributed by atoms with van der Waals surface area (Å²) < 4.78 is 0. The van der Waals surface area contributed by atoms with E-state index in [4.69, 9.17) is 23.2 Å². The second-order valence-corrected chi connectivity index (χ2v) is 7.10. The van der Waals surface area contributed by atoms with Gasteiger partial charge < -0.3 is 0 Å². The van der Waals surface area contributed by atoms with E-state index < -0.39 is 0 Å². The van der Waals surface area contributed by atoms with Gasteiger partial charge in [0.1, 0.15) is 0 Å². The lowest BCUT2D eigenvalue weighted by Crippen LogP contribution is -2.23. The van der Waals surface area contributed by atoms with Crippen molar-refractivity contribution in [1.82, 2.24) is 0 Å². The zero-order chi connectivity index (χ0) is 12.0. The lowest BCUT2D eigenvalue weighted by molar-refractivity contribution is 0.308. The summed E-state index contributed by atoms with van der Waals surface area (Å²) in [5.41, 5.74) is 1.78. The van der Waals surface area contributed by atoms with Crippen LogP contribution < -0.4 is 0 Å². The Kier molecular flexibility index (Phi) is 3.21. The first-order valence-corrected chi connectivity index (χ1v) is 7.99. The third-order valence-electron chi connectivity index (χ3n) is 4.31. The van der Waals surface area contributed by atoms with E-state index in [1.807, 2.05) is 12.1 Å². The first-order valence-electron chi connectivity index (χ1n) is 6.12. The van der Waals surface area contributed by atoms with Gasteiger partial charge >= 0.3 is 0 Å². The smallest absolute Gasteiger partial charge is 0.0595 e. The Balaban J connectivity index is 1.78. The molecule has 2 aliphatic rings. The molecular formula is C14H15BrCl2. The maximum Gasteiger partial charge on any atom is 0.0595 e. The molecule has 3 heteroatoms. The van der Waals surface area contributed by atoms with Crippen molar-refractivity contribution in [3.8, 4) is 0 Å². The number of rotatable bonds is 3. The molecule has 0 aromatic heterocycles. The molecule has 0 nitrogen and oxygen atoms in total. The van der Waals surface area contributed by atoms with Crippen molar-refractivity contribution in [2.75, 3.05) is 5.33 Å². The second-order valence-electron chi connectivity index (χ2n) is 5.72. The van der Waals surface area contributed by atoms with Gasteiger partial charge in [-0.3, -0.25) is 0 Å². The normalized spacial score (nSPS) is 34.8. The Labute approximate surface area is 121 Å². The highest BCUT2D eigenvalue weighted by Crippen LogP contribution is 2.61. The molecule has 2 unspecified atom stereocenters. The standard InChI is InChI=1S/C14H15BrCl2/c15-8-14(6-10-4-11(10)7-14)5-9-1-2-12(16)13(17)3-9/h1-3,10-11H,4-8H2. The topological polar surface area (TPSA) is 0 Å². The first-order chi connectivity index (χ1) is 8.12. The van der Waals surface area contributed by atoms with Gasteiger partial charge in [0.15, 0.2) is 0 Å². The molecule has 0 N–H and O–H groups in total. The monoisotopic (exact) mass is 332 g/mol. The van der Waals surface area contributed by atoms with Crippen molar-refractivity contribution in [3.05, 3.63) is 33.8 Å². The van der Waals surface area contributed by atoms with Crippen LogP contribution in [0.25, 0.3) is 0 Å². The van der Waals surface area contributed by atoms with Gasteiger partial charge in [-0.15, -0.1) is 0 Å². The summed E-state index contributed by atoms with van der Waals surface area (Å²) in [6.45, 7) is 0. The fourth-order valence-corrected chi connectivity index (χ4v) is 4.37. The zero-order valence-electron chi connectivity index (χ0n) is 9.56. The average molecular weight is 334 g/mol. The van der Waals surface area contributed by atoms with E-state index in [-0.39, 0.29) is 0 Å². The van der Waals surface area contributed by atoms with Gasteiger partial charge in [-0.2, -0.15) is 0 Å². The Hall–Kier alpha value is 0.280. The quantitative estimate of drug-likeness (QED) is 0.654. The Morgan fingerprint density at radius 1 is 1.18 bits per heavy atom. The largest absolute Gasteiger partial charge is 0.0922 e. The summed E-state index contributed by atoms with van der Waals surface area (Å²) in [4.78, 5) is 0. The minimum Gasteiger partial charge on any atom is -0.0922 e. The van der Waals surface area contributed by atoms with Crippen LogP contribution in [0.4, 0.5) is 0 Å². The molecule has 0 radical (unpaired) electrons. The molecule has 0 amide bonds. The van der Waals surface area contributed by atoms with Gasteiger partial charge in [0.2, 0.25) is 0 Å². The highest BCUT2D eigenvalue weighted by atomic mass is 79.9. The Morgan fingerprint density at radius 3 is 2.47 bits per heavy atom. The van der Waals surface area contributed by atoms with E-state index in [1.54, 1.807) is 0 Å². The molecule has 0 spiro atoms. The molecule has 0 aliphatic heterocycles. The van der Waals surface area contributed by atoms with Crippen molar-refractivity contribution in [2.45, 2.75) is 25.7 Å². The predicted octanol–water partition coefficient (Wildman–Crippen LogP) is 5.35. The summed E-state index contributed by atoms with van der Waals surface area (Å²) in [5.74, 6) is 2.02. The molecule has 0 saturated heterocycles. The van der Waals surface area contributed by atoms with Crippen molar-refractivity contribution < 1.29 is 0 Å². The third-order valence-corrected chi connectivity index (χ3v) is 6.23. The van der Waals surface area contributed by atoms with Crippen LogP contribution in [-0.2, 0) is 6.42 Å². The lowest BCUT2D eigenvalue weighted by atomic mass is 9.79. The molecule has 0 bridgehead atoms. The number of benzene rings is 1. The molecule has 3 rings (SSSR count). The number of alkyl halides is 1. The molecular weight excluding hydrogens is 319 g/mol. The van der Waals surface area contributed by atoms with Crippen molar-refractivity contribution in [3.63, 3.8) is 0 Å². The van der Waals surface area contributed by atoms with Crippen LogP contribution in [0.15, 0.2) is 18.2 Å². The van der Waals surface area contributed by atoms with Crippen molar-refractivity contribution >= 4 is 39.1 Å². The van der Waals surface area contributed by atoms with Crippen LogP contribution in [-0.4, -0.2) is 5.33 Å². The van der Waals surface area contributed by atoms with Crippen LogP contribution in [0.5, 0.6) is 0 Å². The van der Waals surface area contributed by atoms with E-state index in [1.165, 1.54) is 24.8 Å². The minimum absolute atomic E-state index is 0.463. The summed E-state index contributed by atoms with van der Waals surface area (Å²) in [6, 6.07) is 6.05. The first kappa shape index (κ1) is 12.3. The molecule has 17 heavy (non-hydrogen) atoms. The summed E-state index contributed by atoms with van der Waals surface area (Å²) in [6.07, 6.45) is 5.35. The third kappa shape index (κ3) is 2.39. The summed E-state index contributed by atoms with van der Waals surface area (Å²) in [5, 5.41) is 2.43. The fourth-order valence-electron chi connectivity index (χ4n) is 3.39. The molecule has 2 saturated carbocycles. The molecule has 2 fully saturated rings. The van der Waals surface area contributed by atoms with Gasteiger partial charge in [0, 0.05) is 5.33 Å². The molecule has 1 aromatic rings. The van der Waals surface area contributed by atoms with Gasteiger partial charge in [-0.25, -0.2) is 0 Å². The zero-order valence-corrected chi connectivity index (χ0v) is 12.7. The van der Waals surface area contributed by atoms with Crippen molar-refractivity contribution in [2.24, 2.45) is 17.3 Å². The Bertz CT molecular complexity index is 434. The second kappa shape index (κ2) is 4.43. The summed E-state index contributed by atoms with van der Waals surface area (Å²) >= 11 is 15.7. The SMILES string of the molecule is Clc1ccc(CC2(CBr)CC3CC3C2)cc1Cl. The van der Waals surface area contributed by atoms with Crippen LogP contribution in [0.1, 0.15) is 24.8 Å². The van der Waals surface area contributed by atoms with Gasteiger partial charge in [-0.05, 0) is 60.6 Å². The van der Waals surface area contributed by atoms with E-state index in [9.17, 15) is 0 Å². The average Bonchev–Trinajstić information content (AvgIpc) is 2.93.